The molecule has 0 aliphatic rings. The topological polar surface area (TPSA) is 38.3 Å². The van der Waals surface area contributed by atoms with Crippen LogP contribution < -0.4 is 10.1 Å². The van der Waals surface area contributed by atoms with Crippen molar-refractivity contribution < 1.29 is 9.53 Å². The molecule has 1 unspecified atom stereocenters. The summed E-state index contributed by atoms with van der Waals surface area (Å²) in [6, 6.07) is 12.3. The van der Waals surface area contributed by atoms with Crippen molar-refractivity contribution in [3.05, 3.63) is 42.0 Å². The predicted molar refractivity (Wildman–Crippen MR) is 93.7 cm³/mol. The number of carbonyl (C=O) groups excluding carboxylic acids is 1. The van der Waals surface area contributed by atoms with E-state index in [4.69, 9.17) is 4.74 Å². The van der Waals surface area contributed by atoms with Gasteiger partial charge in [0.2, 0.25) is 0 Å². The van der Waals surface area contributed by atoms with E-state index in [9.17, 15) is 4.79 Å². The first kappa shape index (κ1) is 18.2. The zero-order valence-electron chi connectivity index (χ0n) is 14.1. The lowest BCUT2D eigenvalue weighted by molar-refractivity contribution is -0.109. The van der Waals surface area contributed by atoms with Crippen LogP contribution in [0.25, 0.3) is 10.8 Å². The van der Waals surface area contributed by atoms with Gasteiger partial charge in [-0.3, -0.25) is 0 Å². The number of methoxy groups -OCH3 is 1. The van der Waals surface area contributed by atoms with Crippen LogP contribution in [0.1, 0.15) is 32.8 Å². The SMILES string of the molecule is CC.CCNC(C=O)CCc1ccc(OC)c2ccccc12. The van der Waals surface area contributed by atoms with E-state index in [0.717, 1.165) is 36.8 Å². The third kappa shape index (κ3) is 4.57. The molecule has 0 aromatic heterocycles. The Hall–Kier alpha value is -1.87. The number of rotatable bonds is 7. The van der Waals surface area contributed by atoms with Crippen molar-refractivity contribution in [3.63, 3.8) is 0 Å². The minimum absolute atomic E-state index is 0.0686. The molecular formula is C19H27NO2. The maximum Gasteiger partial charge on any atom is 0.136 e. The maximum atomic E-state index is 11.0. The molecule has 3 heteroatoms. The van der Waals surface area contributed by atoms with E-state index in [1.165, 1.54) is 10.9 Å². The number of nitrogens with one attached hydrogen (secondary N) is 1. The van der Waals surface area contributed by atoms with E-state index >= 15 is 0 Å². The molecule has 2 aromatic carbocycles. The van der Waals surface area contributed by atoms with Crippen molar-refractivity contribution in [1.82, 2.24) is 5.32 Å². The standard InChI is InChI=1S/C17H21NO2.C2H6/c1-3-18-14(12-19)10-8-13-9-11-17(20-2)16-7-5-4-6-15(13)16;1-2/h4-7,9,11-12,14,18H,3,8,10H2,1-2H3;1-2H3. The maximum absolute atomic E-state index is 11.0. The smallest absolute Gasteiger partial charge is 0.136 e. The molecule has 22 heavy (non-hydrogen) atoms. The summed E-state index contributed by atoms with van der Waals surface area (Å²) in [6.45, 7) is 6.83. The van der Waals surface area contributed by atoms with Crippen LogP contribution in [0.3, 0.4) is 0 Å². The van der Waals surface area contributed by atoms with Gasteiger partial charge in [0.05, 0.1) is 13.2 Å². The van der Waals surface area contributed by atoms with E-state index in [1.54, 1.807) is 7.11 Å². The first-order valence-corrected chi connectivity index (χ1v) is 8.03. The molecule has 2 rings (SSSR count). The predicted octanol–water partition coefficient (Wildman–Crippen LogP) is 3.98. The third-order valence-electron chi connectivity index (χ3n) is 3.55. The summed E-state index contributed by atoms with van der Waals surface area (Å²) in [4.78, 5) is 11.0. The lowest BCUT2D eigenvalue weighted by Gasteiger charge is -2.13. The van der Waals surface area contributed by atoms with Crippen LogP contribution in [0.15, 0.2) is 36.4 Å². The molecule has 0 radical (unpaired) electrons. The monoisotopic (exact) mass is 301 g/mol. The summed E-state index contributed by atoms with van der Waals surface area (Å²) in [5, 5.41) is 5.51. The fourth-order valence-corrected chi connectivity index (χ4v) is 2.52. The zero-order valence-corrected chi connectivity index (χ0v) is 14.1. The van der Waals surface area contributed by atoms with Gasteiger partial charge in [-0.2, -0.15) is 0 Å². The molecule has 120 valence electrons. The molecule has 0 bridgehead atoms. The summed E-state index contributed by atoms with van der Waals surface area (Å²) < 4.78 is 5.40. The number of likely N-dealkylation sites (N-methyl/N-ethyl adjacent to an activating group) is 1. The highest BCUT2D eigenvalue weighted by molar-refractivity contribution is 5.91. The van der Waals surface area contributed by atoms with Crippen LogP contribution in [0.5, 0.6) is 5.75 Å². The summed E-state index contributed by atoms with van der Waals surface area (Å²) in [6.07, 6.45) is 2.68. The number of hydrogen-bond donors (Lipinski definition) is 1. The zero-order chi connectivity index (χ0) is 16.4. The second-order valence-electron chi connectivity index (χ2n) is 4.81. The lowest BCUT2D eigenvalue weighted by Crippen LogP contribution is -2.30. The Morgan fingerprint density at radius 2 is 1.82 bits per heavy atom. The molecule has 1 N–H and O–H groups in total. The van der Waals surface area contributed by atoms with Crippen molar-refractivity contribution >= 4 is 17.1 Å². The molecule has 0 heterocycles. The second kappa shape index (κ2) is 9.96. The van der Waals surface area contributed by atoms with Gasteiger partial charge >= 0.3 is 0 Å². The molecule has 0 amide bonds. The number of benzene rings is 2. The van der Waals surface area contributed by atoms with Gasteiger partial charge in [0.15, 0.2) is 0 Å². The van der Waals surface area contributed by atoms with E-state index in [-0.39, 0.29) is 6.04 Å². The molecule has 0 aliphatic heterocycles. The lowest BCUT2D eigenvalue weighted by atomic mass is 9.98. The molecule has 0 fully saturated rings. The minimum Gasteiger partial charge on any atom is -0.496 e. The minimum atomic E-state index is -0.0686. The van der Waals surface area contributed by atoms with E-state index in [2.05, 4.69) is 23.5 Å². The molecule has 1 atom stereocenters. The molecule has 0 aliphatic carbocycles. The number of ether oxygens (including phenoxy) is 1. The van der Waals surface area contributed by atoms with Gasteiger partial charge in [0.1, 0.15) is 12.0 Å². The average molecular weight is 301 g/mol. The van der Waals surface area contributed by atoms with E-state index in [0.29, 0.717) is 0 Å². The Bertz CT molecular complexity index is 581. The second-order valence-corrected chi connectivity index (χ2v) is 4.81. The summed E-state index contributed by atoms with van der Waals surface area (Å²) in [5.74, 6) is 0.892. The van der Waals surface area contributed by atoms with Crippen LogP contribution in [-0.4, -0.2) is 26.0 Å². The van der Waals surface area contributed by atoms with Crippen molar-refractivity contribution in [2.24, 2.45) is 0 Å². The normalized spacial score (nSPS) is 11.5. The summed E-state index contributed by atoms with van der Waals surface area (Å²) >= 11 is 0. The van der Waals surface area contributed by atoms with Crippen molar-refractivity contribution in [1.29, 1.82) is 0 Å². The van der Waals surface area contributed by atoms with Crippen LogP contribution in [-0.2, 0) is 11.2 Å². The van der Waals surface area contributed by atoms with Gasteiger partial charge in [0, 0.05) is 5.39 Å². The van der Waals surface area contributed by atoms with Gasteiger partial charge < -0.3 is 14.8 Å². The number of hydrogen-bond acceptors (Lipinski definition) is 3. The number of aldehydes is 1. The van der Waals surface area contributed by atoms with Crippen molar-refractivity contribution in [2.75, 3.05) is 13.7 Å². The number of fused-ring (bicyclic) bond motifs is 1. The Labute approximate surface area is 133 Å². The molecule has 0 saturated heterocycles. The Morgan fingerprint density at radius 3 is 2.41 bits per heavy atom. The first-order chi connectivity index (χ1) is 10.8. The Kier molecular flexibility index (Phi) is 8.23. The molecule has 0 spiro atoms. The fourth-order valence-electron chi connectivity index (χ4n) is 2.52. The van der Waals surface area contributed by atoms with Crippen LogP contribution in [0, 0.1) is 0 Å². The van der Waals surface area contributed by atoms with Crippen LogP contribution >= 0.6 is 0 Å². The van der Waals surface area contributed by atoms with Crippen molar-refractivity contribution in [3.8, 4) is 5.75 Å². The third-order valence-corrected chi connectivity index (χ3v) is 3.55. The Balaban J connectivity index is 0.00000116. The molecular weight excluding hydrogens is 274 g/mol. The highest BCUT2D eigenvalue weighted by Gasteiger charge is 2.09. The van der Waals surface area contributed by atoms with Crippen molar-refractivity contribution in [2.45, 2.75) is 39.7 Å². The summed E-state index contributed by atoms with van der Waals surface area (Å²) in [7, 11) is 1.69. The van der Waals surface area contributed by atoms with Gasteiger partial charge in [0.25, 0.3) is 0 Å². The number of carbonyl (C=O) groups is 1. The van der Waals surface area contributed by atoms with Gasteiger partial charge in [-0.1, -0.05) is 51.1 Å². The fraction of sp³-hybridized carbons (Fsp3) is 0.421. The van der Waals surface area contributed by atoms with Gasteiger partial charge in [-0.25, -0.2) is 0 Å². The molecule has 0 saturated carbocycles. The van der Waals surface area contributed by atoms with Gasteiger partial charge in [-0.05, 0) is 36.4 Å². The van der Waals surface area contributed by atoms with E-state index in [1.807, 2.05) is 39.0 Å². The largest absolute Gasteiger partial charge is 0.496 e. The molecule has 3 nitrogen and oxygen atoms in total. The van der Waals surface area contributed by atoms with E-state index < -0.39 is 0 Å². The highest BCUT2D eigenvalue weighted by atomic mass is 16.5. The van der Waals surface area contributed by atoms with Crippen LogP contribution in [0.4, 0.5) is 0 Å². The Morgan fingerprint density at radius 1 is 1.14 bits per heavy atom. The highest BCUT2D eigenvalue weighted by Crippen LogP contribution is 2.29. The molecule has 2 aromatic rings. The number of aryl methyl sites for hydroxylation is 1. The van der Waals surface area contributed by atoms with Gasteiger partial charge in [-0.15, -0.1) is 0 Å². The average Bonchev–Trinajstić information content (AvgIpc) is 2.60. The quantitative estimate of drug-likeness (QED) is 0.786. The van der Waals surface area contributed by atoms with Crippen LogP contribution in [0.2, 0.25) is 0 Å². The first-order valence-electron chi connectivity index (χ1n) is 8.03. The summed E-state index contributed by atoms with van der Waals surface area (Å²) in [5.41, 5.74) is 1.26.